The highest BCUT2D eigenvalue weighted by atomic mass is 16.6. The van der Waals surface area contributed by atoms with Crippen molar-refractivity contribution in [1.29, 1.82) is 0 Å². The lowest BCUT2D eigenvalue weighted by Crippen LogP contribution is -2.58. The number of ether oxygens (including phenoxy) is 2. The van der Waals surface area contributed by atoms with Gasteiger partial charge in [-0.15, -0.1) is 0 Å². The Hall–Kier alpha value is -2.57. The molecule has 0 bridgehead atoms. The molecule has 2 aliphatic rings. The van der Waals surface area contributed by atoms with Gasteiger partial charge in [-0.05, 0) is 19.1 Å². The molecular formula is C14H14N2O5. The smallest absolute Gasteiger partial charge is 0.268 e. The number of nitrogens with zero attached hydrogens (tertiary/aromatic N) is 1. The molecule has 1 N–H and O–H groups in total. The zero-order chi connectivity index (χ0) is 15.0. The van der Waals surface area contributed by atoms with E-state index in [1.165, 1.54) is 4.90 Å². The largest absolute Gasteiger partial charge is 0.482 e. The molecule has 1 aromatic carbocycles. The number of hydrogen-bond donors (Lipinski definition) is 1. The Morgan fingerprint density at radius 1 is 1.14 bits per heavy atom. The molecule has 21 heavy (non-hydrogen) atoms. The molecule has 2 atom stereocenters. The van der Waals surface area contributed by atoms with Crippen LogP contribution in [-0.4, -0.2) is 47.9 Å². The minimum Gasteiger partial charge on any atom is -0.482 e. The molecule has 3 amide bonds. The van der Waals surface area contributed by atoms with E-state index < -0.39 is 29.9 Å². The summed E-state index contributed by atoms with van der Waals surface area (Å²) in [6.45, 7) is 1.40. The molecule has 3 rings (SSSR count). The predicted molar refractivity (Wildman–Crippen MR) is 70.7 cm³/mol. The van der Waals surface area contributed by atoms with Crippen molar-refractivity contribution in [2.45, 2.75) is 19.1 Å². The minimum absolute atomic E-state index is 0.154. The Morgan fingerprint density at radius 3 is 2.33 bits per heavy atom. The molecule has 0 saturated carbocycles. The van der Waals surface area contributed by atoms with Crippen molar-refractivity contribution in [1.82, 2.24) is 10.2 Å². The van der Waals surface area contributed by atoms with Crippen LogP contribution in [0.4, 0.5) is 0 Å². The van der Waals surface area contributed by atoms with Gasteiger partial charge in [-0.2, -0.15) is 0 Å². The number of para-hydroxylation sites is 2. The van der Waals surface area contributed by atoms with E-state index in [1.54, 1.807) is 25.1 Å². The van der Waals surface area contributed by atoms with Crippen LogP contribution < -0.4 is 14.8 Å². The van der Waals surface area contributed by atoms with Crippen LogP contribution in [0.5, 0.6) is 11.5 Å². The maximum atomic E-state index is 12.5. The van der Waals surface area contributed by atoms with Crippen molar-refractivity contribution in [3.63, 3.8) is 0 Å². The van der Waals surface area contributed by atoms with Gasteiger partial charge in [0.05, 0.1) is 0 Å². The molecule has 0 aliphatic carbocycles. The molecule has 2 unspecified atom stereocenters. The Morgan fingerprint density at radius 2 is 1.71 bits per heavy atom. The molecule has 7 heteroatoms. The zero-order valence-corrected chi connectivity index (χ0v) is 11.4. The number of fused-ring (bicyclic) bond motifs is 1. The number of carbonyl (C=O) groups excluding carboxylic acids is 3. The van der Waals surface area contributed by atoms with Gasteiger partial charge in [0.2, 0.25) is 17.9 Å². The molecule has 7 nitrogen and oxygen atoms in total. The summed E-state index contributed by atoms with van der Waals surface area (Å²) in [7, 11) is 0. The normalized spacial score (nSPS) is 24.5. The van der Waals surface area contributed by atoms with E-state index in [0.29, 0.717) is 11.5 Å². The van der Waals surface area contributed by atoms with Crippen LogP contribution in [0.1, 0.15) is 6.92 Å². The summed E-state index contributed by atoms with van der Waals surface area (Å²) in [5, 5.41) is 2.15. The summed E-state index contributed by atoms with van der Waals surface area (Å²) >= 11 is 0. The van der Waals surface area contributed by atoms with Crippen LogP contribution in [0.3, 0.4) is 0 Å². The Balaban J connectivity index is 1.79. The number of hydrogen-bond acceptors (Lipinski definition) is 5. The molecule has 2 heterocycles. The van der Waals surface area contributed by atoms with Crippen molar-refractivity contribution in [2.24, 2.45) is 0 Å². The fraction of sp³-hybridized carbons (Fsp3) is 0.357. The van der Waals surface area contributed by atoms with E-state index >= 15 is 0 Å². The molecule has 2 aliphatic heterocycles. The summed E-state index contributed by atoms with van der Waals surface area (Å²) in [6.07, 6.45) is -1.38. The monoisotopic (exact) mass is 290 g/mol. The molecule has 0 aromatic heterocycles. The van der Waals surface area contributed by atoms with Gasteiger partial charge in [0, 0.05) is 0 Å². The molecule has 0 spiro atoms. The lowest BCUT2D eigenvalue weighted by molar-refractivity contribution is -0.152. The number of rotatable bonds is 1. The van der Waals surface area contributed by atoms with E-state index in [9.17, 15) is 14.4 Å². The number of imide groups is 1. The molecule has 1 fully saturated rings. The van der Waals surface area contributed by atoms with Crippen LogP contribution in [0.15, 0.2) is 24.3 Å². The van der Waals surface area contributed by atoms with Crippen molar-refractivity contribution in [3.05, 3.63) is 24.3 Å². The highest BCUT2D eigenvalue weighted by Gasteiger charge is 2.39. The third-order valence-electron chi connectivity index (χ3n) is 3.35. The van der Waals surface area contributed by atoms with Crippen molar-refractivity contribution >= 4 is 17.7 Å². The Labute approximate surface area is 120 Å². The number of carbonyl (C=O) groups is 3. The van der Waals surface area contributed by atoms with Gasteiger partial charge in [0.15, 0.2) is 11.5 Å². The van der Waals surface area contributed by atoms with E-state index in [2.05, 4.69) is 5.32 Å². The Kier molecular flexibility index (Phi) is 3.25. The van der Waals surface area contributed by atoms with E-state index in [-0.39, 0.29) is 13.1 Å². The van der Waals surface area contributed by atoms with Crippen molar-refractivity contribution in [3.8, 4) is 11.5 Å². The second kappa shape index (κ2) is 5.08. The van der Waals surface area contributed by atoms with E-state index in [4.69, 9.17) is 9.47 Å². The van der Waals surface area contributed by atoms with Gasteiger partial charge in [-0.1, -0.05) is 12.1 Å². The third-order valence-corrected chi connectivity index (χ3v) is 3.35. The summed E-state index contributed by atoms with van der Waals surface area (Å²) in [4.78, 5) is 36.3. The standard InChI is InChI=1S/C14H14N2O5/c1-8-13(21-10-5-3-2-4-9(10)20-8)14(19)16-6-11(17)15-12(18)7-16/h2-5,8,13H,6-7H2,1H3,(H,15,17,18). The summed E-state index contributed by atoms with van der Waals surface area (Å²) < 4.78 is 11.3. The second-order valence-electron chi connectivity index (χ2n) is 4.97. The lowest BCUT2D eigenvalue weighted by atomic mass is 10.1. The fourth-order valence-corrected chi connectivity index (χ4v) is 2.36. The van der Waals surface area contributed by atoms with Gasteiger partial charge >= 0.3 is 0 Å². The Bertz CT molecular complexity index is 599. The first kappa shape index (κ1) is 13.4. The quantitative estimate of drug-likeness (QED) is 0.718. The first-order valence-electron chi connectivity index (χ1n) is 6.58. The van der Waals surface area contributed by atoms with Crippen molar-refractivity contribution in [2.75, 3.05) is 13.1 Å². The molecule has 1 saturated heterocycles. The zero-order valence-electron chi connectivity index (χ0n) is 11.4. The average molecular weight is 290 g/mol. The lowest BCUT2D eigenvalue weighted by Gasteiger charge is -2.35. The van der Waals surface area contributed by atoms with Gasteiger partial charge < -0.3 is 14.4 Å². The van der Waals surface area contributed by atoms with Crippen LogP contribution >= 0.6 is 0 Å². The van der Waals surface area contributed by atoms with Gasteiger partial charge in [0.25, 0.3) is 5.91 Å². The van der Waals surface area contributed by atoms with E-state index in [1.807, 2.05) is 6.07 Å². The van der Waals surface area contributed by atoms with Gasteiger partial charge in [0.1, 0.15) is 19.2 Å². The fourth-order valence-electron chi connectivity index (χ4n) is 2.36. The van der Waals surface area contributed by atoms with Crippen LogP contribution in [0, 0.1) is 0 Å². The predicted octanol–water partition coefficient (Wildman–Crippen LogP) is -0.300. The minimum atomic E-state index is -0.876. The maximum absolute atomic E-state index is 12.5. The maximum Gasteiger partial charge on any atom is 0.268 e. The van der Waals surface area contributed by atoms with Crippen molar-refractivity contribution < 1.29 is 23.9 Å². The highest BCUT2D eigenvalue weighted by Crippen LogP contribution is 2.33. The molecular weight excluding hydrogens is 276 g/mol. The number of nitrogens with one attached hydrogen (secondary N) is 1. The molecule has 110 valence electrons. The van der Waals surface area contributed by atoms with E-state index in [0.717, 1.165) is 0 Å². The summed E-state index contributed by atoms with van der Waals surface area (Å²) in [5.41, 5.74) is 0. The van der Waals surface area contributed by atoms with Gasteiger partial charge in [-0.25, -0.2) is 0 Å². The average Bonchev–Trinajstić information content (AvgIpc) is 2.44. The first-order valence-corrected chi connectivity index (χ1v) is 6.58. The van der Waals surface area contributed by atoms with Crippen LogP contribution in [0.25, 0.3) is 0 Å². The van der Waals surface area contributed by atoms with Gasteiger partial charge in [-0.3, -0.25) is 19.7 Å². The number of amides is 3. The summed E-state index contributed by atoms with van der Waals surface area (Å²) in [5.74, 6) is -0.378. The SMILES string of the molecule is CC1Oc2ccccc2OC1C(=O)N1CC(=O)NC(=O)C1. The first-order chi connectivity index (χ1) is 10.0. The van der Waals surface area contributed by atoms with Crippen LogP contribution in [-0.2, 0) is 14.4 Å². The third kappa shape index (κ3) is 2.54. The van der Waals surface area contributed by atoms with Crippen LogP contribution in [0.2, 0.25) is 0 Å². The number of benzene rings is 1. The molecule has 0 radical (unpaired) electrons. The molecule has 1 aromatic rings. The topological polar surface area (TPSA) is 84.9 Å². The second-order valence-corrected chi connectivity index (χ2v) is 4.97. The summed E-state index contributed by atoms with van der Waals surface area (Å²) in [6, 6.07) is 7.04. The number of piperazine rings is 1. The highest BCUT2D eigenvalue weighted by molar-refractivity contribution is 6.03.